The van der Waals surface area contributed by atoms with Crippen molar-refractivity contribution in [1.82, 2.24) is 15.3 Å². The first-order valence-corrected chi connectivity index (χ1v) is 7.95. The van der Waals surface area contributed by atoms with Crippen LogP contribution in [0.25, 0.3) is 0 Å². The summed E-state index contributed by atoms with van der Waals surface area (Å²) < 4.78 is 0. The van der Waals surface area contributed by atoms with Crippen molar-refractivity contribution < 1.29 is 0 Å². The molecule has 21 heavy (non-hydrogen) atoms. The van der Waals surface area contributed by atoms with Gasteiger partial charge in [0.15, 0.2) is 0 Å². The second-order valence-electron chi connectivity index (χ2n) is 5.28. The van der Waals surface area contributed by atoms with Crippen LogP contribution in [0.1, 0.15) is 41.7 Å². The largest absolute Gasteiger partial charge is 0.307 e. The Balaban J connectivity index is 1.93. The van der Waals surface area contributed by atoms with Crippen molar-refractivity contribution in [1.29, 1.82) is 0 Å². The van der Waals surface area contributed by atoms with Gasteiger partial charge in [0, 0.05) is 40.8 Å². The highest BCUT2D eigenvalue weighted by molar-refractivity contribution is 6.35. The van der Waals surface area contributed by atoms with Crippen LogP contribution in [-0.2, 0) is 25.9 Å². The molecule has 3 nitrogen and oxygen atoms in total. The molecule has 0 fully saturated rings. The molecule has 0 amide bonds. The molecule has 2 heterocycles. The monoisotopic (exact) mass is 321 g/mol. The molecule has 0 aliphatic carbocycles. The number of fused-ring (bicyclic) bond motifs is 1. The predicted molar refractivity (Wildman–Crippen MR) is 85.8 cm³/mol. The van der Waals surface area contributed by atoms with Gasteiger partial charge in [0.05, 0.1) is 5.69 Å². The first kappa shape index (κ1) is 14.8. The Bertz CT molecular complexity index is 671. The van der Waals surface area contributed by atoms with Crippen molar-refractivity contribution in [2.75, 3.05) is 0 Å². The third kappa shape index (κ3) is 3.20. The number of nitrogens with one attached hydrogen (secondary N) is 1. The molecule has 0 atom stereocenters. The number of aromatic nitrogens is 2. The zero-order valence-electron chi connectivity index (χ0n) is 11.9. The van der Waals surface area contributed by atoms with Crippen LogP contribution in [0.15, 0.2) is 18.2 Å². The average molecular weight is 322 g/mol. The minimum absolute atomic E-state index is 0.639. The lowest BCUT2D eigenvalue weighted by molar-refractivity contribution is 0.753. The normalized spacial score (nSPS) is 13.5. The summed E-state index contributed by atoms with van der Waals surface area (Å²) in [7, 11) is 0. The standard InChI is InChI=1S/C16H17Cl2N3/c1-2-3-14-12-8-19-9-15(12)21-16(20-14)6-10-4-5-11(17)7-13(10)18/h4-5,7,19H,2-3,6,8-9H2,1H3. The van der Waals surface area contributed by atoms with Crippen LogP contribution in [0, 0.1) is 0 Å². The Labute approximate surface area is 134 Å². The minimum Gasteiger partial charge on any atom is -0.307 e. The van der Waals surface area contributed by atoms with Gasteiger partial charge >= 0.3 is 0 Å². The number of hydrogen-bond acceptors (Lipinski definition) is 3. The molecular weight excluding hydrogens is 305 g/mol. The fraction of sp³-hybridized carbons (Fsp3) is 0.375. The van der Waals surface area contributed by atoms with Gasteiger partial charge in [0.1, 0.15) is 5.82 Å². The van der Waals surface area contributed by atoms with E-state index in [4.69, 9.17) is 28.2 Å². The summed E-state index contributed by atoms with van der Waals surface area (Å²) in [5, 5.41) is 4.67. The third-order valence-corrected chi connectivity index (χ3v) is 4.26. The maximum absolute atomic E-state index is 6.25. The Morgan fingerprint density at radius 3 is 2.81 bits per heavy atom. The van der Waals surface area contributed by atoms with Crippen LogP contribution < -0.4 is 5.32 Å². The van der Waals surface area contributed by atoms with E-state index in [1.807, 2.05) is 12.1 Å². The molecule has 1 aromatic heterocycles. The summed E-state index contributed by atoms with van der Waals surface area (Å²) in [6.07, 6.45) is 2.72. The van der Waals surface area contributed by atoms with Crippen molar-refractivity contribution in [3.63, 3.8) is 0 Å². The molecule has 3 rings (SSSR count). The molecule has 0 radical (unpaired) electrons. The predicted octanol–water partition coefficient (Wildman–Crippen LogP) is 3.93. The van der Waals surface area contributed by atoms with Gasteiger partial charge in [-0.2, -0.15) is 0 Å². The highest BCUT2D eigenvalue weighted by atomic mass is 35.5. The van der Waals surface area contributed by atoms with Crippen molar-refractivity contribution >= 4 is 23.2 Å². The minimum atomic E-state index is 0.639. The van der Waals surface area contributed by atoms with E-state index in [2.05, 4.69) is 17.2 Å². The zero-order chi connectivity index (χ0) is 14.8. The number of halogens is 2. The molecule has 5 heteroatoms. The molecule has 0 bridgehead atoms. The van der Waals surface area contributed by atoms with E-state index in [-0.39, 0.29) is 0 Å². The van der Waals surface area contributed by atoms with E-state index in [1.165, 1.54) is 11.3 Å². The number of aryl methyl sites for hydroxylation is 1. The highest BCUT2D eigenvalue weighted by Gasteiger charge is 2.18. The quantitative estimate of drug-likeness (QED) is 0.927. The van der Waals surface area contributed by atoms with Crippen LogP contribution >= 0.6 is 23.2 Å². The Hall–Kier alpha value is -1.16. The van der Waals surface area contributed by atoms with Gasteiger partial charge in [-0.25, -0.2) is 9.97 Å². The lowest BCUT2D eigenvalue weighted by atomic mass is 10.1. The Morgan fingerprint density at radius 1 is 1.19 bits per heavy atom. The van der Waals surface area contributed by atoms with Gasteiger partial charge in [-0.15, -0.1) is 0 Å². The second kappa shape index (κ2) is 6.30. The summed E-state index contributed by atoms with van der Waals surface area (Å²) in [4.78, 5) is 9.44. The first-order valence-electron chi connectivity index (χ1n) is 7.19. The highest BCUT2D eigenvalue weighted by Crippen LogP contribution is 2.24. The zero-order valence-corrected chi connectivity index (χ0v) is 13.4. The summed E-state index contributed by atoms with van der Waals surface area (Å²) in [6.45, 7) is 3.88. The summed E-state index contributed by atoms with van der Waals surface area (Å²) in [6, 6.07) is 5.56. The van der Waals surface area contributed by atoms with E-state index >= 15 is 0 Å². The maximum Gasteiger partial charge on any atom is 0.133 e. The molecule has 1 aromatic carbocycles. The van der Waals surface area contributed by atoms with Crippen LogP contribution in [0.4, 0.5) is 0 Å². The van der Waals surface area contributed by atoms with Gasteiger partial charge < -0.3 is 5.32 Å². The molecular formula is C16H17Cl2N3. The van der Waals surface area contributed by atoms with Crippen LogP contribution in [0.5, 0.6) is 0 Å². The van der Waals surface area contributed by atoms with E-state index < -0.39 is 0 Å². The van der Waals surface area contributed by atoms with E-state index in [0.29, 0.717) is 16.5 Å². The van der Waals surface area contributed by atoms with Crippen LogP contribution in [-0.4, -0.2) is 9.97 Å². The van der Waals surface area contributed by atoms with Crippen molar-refractivity contribution in [2.45, 2.75) is 39.3 Å². The maximum atomic E-state index is 6.25. The summed E-state index contributed by atoms with van der Waals surface area (Å²) in [5.41, 5.74) is 4.60. The number of nitrogens with zero attached hydrogens (tertiary/aromatic N) is 2. The van der Waals surface area contributed by atoms with Gasteiger partial charge in [-0.1, -0.05) is 42.6 Å². The molecule has 1 aliphatic heterocycles. The van der Waals surface area contributed by atoms with E-state index in [0.717, 1.165) is 43.0 Å². The molecule has 110 valence electrons. The van der Waals surface area contributed by atoms with Crippen LogP contribution in [0.3, 0.4) is 0 Å². The van der Waals surface area contributed by atoms with Gasteiger partial charge in [0.25, 0.3) is 0 Å². The molecule has 1 N–H and O–H groups in total. The average Bonchev–Trinajstić information content (AvgIpc) is 2.91. The van der Waals surface area contributed by atoms with Gasteiger partial charge in [-0.3, -0.25) is 0 Å². The molecule has 0 spiro atoms. The fourth-order valence-corrected chi connectivity index (χ4v) is 3.13. The smallest absolute Gasteiger partial charge is 0.133 e. The second-order valence-corrected chi connectivity index (χ2v) is 6.12. The first-order chi connectivity index (χ1) is 10.2. The molecule has 2 aromatic rings. The Morgan fingerprint density at radius 2 is 2.05 bits per heavy atom. The molecule has 0 unspecified atom stereocenters. The SMILES string of the molecule is CCCc1nc(Cc2ccc(Cl)cc2Cl)nc2c1CNC2. The van der Waals surface area contributed by atoms with Gasteiger partial charge in [0.2, 0.25) is 0 Å². The molecule has 1 aliphatic rings. The number of hydrogen-bond donors (Lipinski definition) is 1. The molecule has 0 saturated heterocycles. The topological polar surface area (TPSA) is 37.8 Å². The van der Waals surface area contributed by atoms with E-state index in [1.54, 1.807) is 6.07 Å². The van der Waals surface area contributed by atoms with Crippen LogP contribution in [0.2, 0.25) is 10.0 Å². The summed E-state index contributed by atoms with van der Waals surface area (Å²) in [5.74, 6) is 0.838. The van der Waals surface area contributed by atoms with Crippen molar-refractivity contribution in [2.24, 2.45) is 0 Å². The van der Waals surface area contributed by atoms with Gasteiger partial charge in [-0.05, 0) is 24.1 Å². The lowest BCUT2D eigenvalue weighted by Gasteiger charge is -2.10. The lowest BCUT2D eigenvalue weighted by Crippen LogP contribution is -2.07. The van der Waals surface area contributed by atoms with Crippen molar-refractivity contribution in [3.05, 3.63) is 56.6 Å². The number of benzene rings is 1. The third-order valence-electron chi connectivity index (χ3n) is 3.67. The molecule has 0 saturated carbocycles. The summed E-state index contributed by atoms with van der Waals surface area (Å²) >= 11 is 12.2. The van der Waals surface area contributed by atoms with Crippen molar-refractivity contribution in [3.8, 4) is 0 Å². The number of rotatable bonds is 4. The Kier molecular flexibility index (Phi) is 4.43. The fourth-order valence-electron chi connectivity index (χ4n) is 2.65. The van der Waals surface area contributed by atoms with E-state index in [9.17, 15) is 0 Å².